The van der Waals surface area contributed by atoms with Crippen molar-refractivity contribution in [1.82, 2.24) is 0 Å². The van der Waals surface area contributed by atoms with E-state index in [2.05, 4.69) is 16.0 Å². The van der Waals surface area contributed by atoms with Crippen LogP contribution in [0.5, 0.6) is 0 Å². The number of amides is 2. The quantitative estimate of drug-likeness (QED) is 0.755. The van der Waals surface area contributed by atoms with E-state index < -0.39 is 29.6 Å². The third kappa shape index (κ3) is 4.05. The Morgan fingerprint density at radius 2 is 1.74 bits per heavy atom. The third-order valence-corrected chi connectivity index (χ3v) is 4.43. The van der Waals surface area contributed by atoms with Crippen LogP contribution in [0.15, 0.2) is 36.4 Å². The average molecular weight is 377 g/mol. The summed E-state index contributed by atoms with van der Waals surface area (Å²) in [6.45, 7) is 3.84. The molecular formula is C19H18F3N3O2. The number of alkyl halides is 3. The van der Waals surface area contributed by atoms with Gasteiger partial charge in [-0.1, -0.05) is 12.1 Å². The largest absolute Gasteiger partial charge is 0.418 e. The number of benzene rings is 2. The van der Waals surface area contributed by atoms with E-state index in [9.17, 15) is 22.8 Å². The Hall–Kier alpha value is -3.03. The molecule has 1 unspecified atom stereocenters. The summed E-state index contributed by atoms with van der Waals surface area (Å²) in [5.41, 5.74) is 2.04. The average Bonchev–Trinajstić information content (AvgIpc) is 2.57. The van der Waals surface area contributed by atoms with Gasteiger partial charge in [-0.05, 0) is 49.2 Å². The van der Waals surface area contributed by atoms with Crippen LogP contribution in [-0.2, 0) is 15.8 Å². The summed E-state index contributed by atoms with van der Waals surface area (Å²) in [5.74, 6) is -1.10. The van der Waals surface area contributed by atoms with Crippen molar-refractivity contribution in [2.75, 3.05) is 16.0 Å². The monoisotopic (exact) mass is 377 g/mol. The zero-order valence-corrected chi connectivity index (χ0v) is 14.7. The van der Waals surface area contributed by atoms with Crippen LogP contribution in [0.4, 0.5) is 30.2 Å². The van der Waals surface area contributed by atoms with E-state index in [-0.39, 0.29) is 12.1 Å². The highest BCUT2D eigenvalue weighted by atomic mass is 19.4. The van der Waals surface area contributed by atoms with E-state index in [4.69, 9.17) is 0 Å². The highest BCUT2D eigenvalue weighted by Gasteiger charge is 2.34. The van der Waals surface area contributed by atoms with Crippen molar-refractivity contribution in [3.05, 3.63) is 53.1 Å². The van der Waals surface area contributed by atoms with Crippen molar-refractivity contribution < 1.29 is 22.8 Å². The van der Waals surface area contributed by atoms with Gasteiger partial charge in [0.25, 0.3) is 0 Å². The molecule has 0 aliphatic carbocycles. The second-order valence-electron chi connectivity index (χ2n) is 6.46. The van der Waals surface area contributed by atoms with E-state index in [1.165, 1.54) is 18.2 Å². The maximum atomic E-state index is 13.0. The van der Waals surface area contributed by atoms with Gasteiger partial charge in [0.2, 0.25) is 11.8 Å². The first-order chi connectivity index (χ1) is 12.6. The van der Waals surface area contributed by atoms with E-state index in [0.29, 0.717) is 11.4 Å². The van der Waals surface area contributed by atoms with Gasteiger partial charge < -0.3 is 16.0 Å². The molecule has 142 valence electrons. The number of fused-ring (bicyclic) bond motifs is 1. The van der Waals surface area contributed by atoms with Crippen molar-refractivity contribution in [3.63, 3.8) is 0 Å². The summed E-state index contributed by atoms with van der Waals surface area (Å²) in [7, 11) is 0. The highest BCUT2D eigenvalue weighted by molar-refractivity contribution is 6.06. The predicted molar refractivity (Wildman–Crippen MR) is 96.6 cm³/mol. The van der Waals surface area contributed by atoms with Gasteiger partial charge in [-0.2, -0.15) is 13.2 Å². The zero-order valence-electron chi connectivity index (χ0n) is 14.7. The van der Waals surface area contributed by atoms with Gasteiger partial charge in [0.05, 0.1) is 29.0 Å². The van der Waals surface area contributed by atoms with Crippen LogP contribution in [0, 0.1) is 13.8 Å². The number of rotatable bonds is 3. The second kappa shape index (κ2) is 6.94. The Kier molecular flexibility index (Phi) is 4.82. The maximum Gasteiger partial charge on any atom is 0.418 e. The Labute approximate surface area is 154 Å². The van der Waals surface area contributed by atoms with Gasteiger partial charge in [0.15, 0.2) is 0 Å². The number of carbonyl (C=O) groups is 2. The molecular weight excluding hydrogens is 359 g/mol. The van der Waals surface area contributed by atoms with E-state index >= 15 is 0 Å². The van der Waals surface area contributed by atoms with Crippen molar-refractivity contribution in [3.8, 4) is 0 Å². The lowest BCUT2D eigenvalue weighted by atomic mass is 10.0. The van der Waals surface area contributed by atoms with Crippen LogP contribution in [0.25, 0.3) is 0 Å². The summed E-state index contributed by atoms with van der Waals surface area (Å²) in [6.07, 6.45) is -4.89. The molecule has 1 aliphatic rings. The lowest BCUT2D eigenvalue weighted by Gasteiger charge is -2.27. The number of para-hydroxylation sites is 1. The highest BCUT2D eigenvalue weighted by Crippen LogP contribution is 2.35. The second-order valence-corrected chi connectivity index (χ2v) is 6.46. The number of hydrogen-bond acceptors (Lipinski definition) is 3. The zero-order chi connectivity index (χ0) is 19.8. The third-order valence-electron chi connectivity index (χ3n) is 4.43. The summed E-state index contributed by atoms with van der Waals surface area (Å²) in [6, 6.07) is 7.52. The topological polar surface area (TPSA) is 70.2 Å². The van der Waals surface area contributed by atoms with E-state index in [1.807, 2.05) is 26.0 Å². The van der Waals surface area contributed by atoms with Gasteiger partial charge in [0, 0.05) is 0 Å². The van der Waals surface area contributed by atoms with Gasteiger partial charge in [0.1, 0.15) is 6.04 Å². The molecule has 0 bridgehead atoms. The van der Waals surface area contributed by atoms with Crippen LogP contribution in [-0.4, -0.2) is 17.9 Å². The molecule has 3 rings (SSSR count). The molecule has 5 nitrogen and oxygen atoms in total. The fourth-order valence-corrected chi connectivity index (χ4v) is 2.88. The van der Waals surface area contributed by atoms with Crippen LogP contribution in [0.3, 0.4) is 0 Å². The molecule has 1 heterocycles. The lowest BCUT2D eigenvalue weighted by molar-refractivity contribution is -0.137. The summed E-state index contributed by atoms with van der Waals surface area (Å²) >= 11 is 0. The number of carbonyl (C=O) groups excluding carboxylic acids is 2. The van der Waals surface area contributed by atoms with Crippen LogP contribution in [0.2, 0.25) is 0 Å². The Bertz CT molecular complexity index is 910. The van der Waals surface area contributed by atoms with Crippen molar-refractivity contribution >= 4 is 28.9 Å². The van der Waals surface area contributed by atoms with Gasteiger partial charge in [-0.25, -0.2) is 0 Å². The molecule has 1 atom stereocenters. The molecule has 1 aliphatic heterocycles. The SMILES string of the molecule is Cc1cc2c(cc1C)NC(CC(=O)Nc1ccccc1C(F)(F)F)C(=O)N2. The maximum absolute atomic E-state index is 13.0. The van der Waals surface area contributed by atoms with E-state index in [1.54, 1.807) is 0 Å². The summed E-state index contributed by atoms with van der Waals surface area (Å²) in [5, 5.41) is 7.95. The first kappa shape index (κ1) is 18.8. The van der Waals surface area contributed by atoms with Crippen molar-refractivity contribution in [1.29, 1.82) is 0 Å². The molecule has 0 fully saturated rings. The standard InChI is InChI=1S/C19H18F3N3O2/c1-10-7-14-15(8-11(10)2)25-18(27)16(23-14)9-17(26)24-13-6-4-3-5-12(13)19(20,21)22/h3-8,16,23H,9H2,1-2H3,(H,24,26)(H,25,27). The Morgan fingerprint density at radius 1 is 1.11 bits per heavy atom. The molecule has 0 saturated carbocycles. The number of hydrogen-bond donors (Lipinski definition) is 3. The van der Waals surface area contributed by atoms with Gasteiger partial charge in [-0.3, -0.25) is 9.59 Å². The molecule has 0 saturated heterocycles. The van der Waals surface area contributed by atoms with Crippen LogP contribution >= 0.6 is 0 Å². The summed E-state index contributed by atoms with van der Waals surface area (Å²) in [4.78, 5) is 24.5. The first-order valence-electron chi connectivity index (χ1n) is 8.30. The Morgan fingerprint density at radius 3 is 2.41 bits per heavy atom. The molecule has 0 radical (unpaired) electrons. The molecule has 0 spiro atoms. The van der Waals surface area contributed by atoms with Crippen LogP contribution < -0.4 is 16.0 Å². The van der Waals surface area contributed by atoms with Crippen molar-refractivity contribution in [2.24, 2.45) is 0 Å². The summed E-state index contributed by atoms with van der Waals surface area (Å²) < 4.78 is 39.1. The number of nitrogens with one attached hydrogen (secondary N) is 3. The minimum atomic E-state index is -4.58. The molecule has 2 amide bonds. The first-order valence-corrected chi connectivity index (χ1v) is 8.30. The fourth-order valence-electron chi connectivity index (χ4n) is 2.88. The smallest absolute Gasteiger partial charge is 0.372 e. The normalized spacial score (nSPS) is 16.2. The predicted octanol–water partition coefficient (Wildman–Crippen LogP) is 4.08. The van der Waals surface area contributed by atoms with Crippen molar-refractivity contribution in [2.45, 2.75) is 32.5 Å². The number of halogens is 3. The van der Waals surface area contributed by atoms with Gasteiger partial charge in [-0.15, -0.1) is 0 Å². The number of anilines is 3. The molecule has 2 aromatic carbocycles. The van der Waals surface area contributed by atoms with Gasteiger partial charge >= 0.3 is 6.18 Å². The minimum absolute atomic E-state index is 0.301. The molecule has 3 N–H and O–H groups in total. The molecule has 8 heteroatoms. The lowest BCUT2D eigenvalue weighted by Crippen LogP contribution is -2.41. The molecule has 2 aromatic rings. The minimum Gasteiger partial charge on any atom is -0.372 e. The molecule has 0 aromatic heterocycles. The Balaban J connectivity index is 1.74. The van der Waals surface area contributed by atoms with Crippen LogP contribution in [0.1, 0.15) is 23.1 Å². The fraction of sp³-hybridized carbons (Fsp3) is 0.263. The number of aryl methyl sites for hydroxylation is 2. The van der Waals surface area contributed by atoms with E-state index in [0.717, 1.165) is 17.2 Å². The molecule has 27 heavy (non-hydrogen) atoms.